The average molecular weight is 371 g/mol. The highest BCUT2D eigenvalue weighted by atomic mass is 16.6. The molecule has 3 aliphatic rings. The summed E-state index contributed by atoms with van der Waals surface area (Å²) in [6.45, 7) is 2.24. The van der Waals surface area contributed by atoms with Crippen LogP contribution in [0.25, 0.3) is 0 Å². The predicted octanol–water partition coefficient (Wildman–Crippen LogP) is 2.80. The minimum absolute atomic E-state index is 0.104. The van der Waals surface area contributed by atoms with Gasteiger partial charge < -0.3 is 24.9 Å². The first-order chi connectivity index (χ1) is 12.8. The molecule has 5 heteroatoms. The summed E-state index contributed by atoms with van der Waals surface area (Å²) < 4.78 is 5.39. The number of carboxylic acid groups (broad SMARTS) is 2. The van der Waals surface area contributed by atoms with Crippen molar-refractivity contribution < 1.29 is 24.9 Å². The number of aliphatic hydroxyl groups is 1. The molecule has 5 atom stereocenters. The molecule has 0 heterocycles. The maximum atomic E-state index is 11.0. The second-order valence-electron chi connectivity index (χ2n) is 8.25. The van der Waals surface area contributed by atoms with Crippen LogP contribution >= 0.6 is 0 Å². The van der Waals surface area contributed by atoms with Crippen molar-refractivity contribution >= 4 is 6.16 Å². The maximum Gasteiger partial charge on any atom is 0.249 e. The van der Waals surface area contributed by atoms with Gasteiger partial charge in [0.05, 0.1) is 7.11 Å². The maximum absolute atomic E-state index is 11.0. The Bertz CT molecular complexity index is 762. The van der Waals surface area contributed by atoms with Crippen LogP contribution in [0.3, 0.4) is 0 Å². The van der Waals surface area contributed by atoms with Crippen molar-refractivity contribution in [3.63, 3.8) is 0 Å². The topological polar surface area (TPSA) is 89.8 Å². The summed E-state index contributed by atoms with van der Waals surface area (Å²) in [5.74, 6) is 5.56. The number of carbonyl (C=O) groups is 1. The van der Waals surface area contributed by atoms with Crippen LogP contribution in [0.1, 0.15) is 56.1 Å². The molecule has 2 saturated carbocycles. The molecule has 146 valence electrons. The minimum Gasteiger partial charge on any atom is -0.565 e. The number of benzene rings is 1. The molecule has 0 spiro atoms. The standard InChI is InChI=1S/C21H26O2.CH2O3/c1-4-21(22)12-10-19-18-7-5-14-13-15(23-3)6-8-16(14)17(18)9-11-20(19,21)2;2-1(3)4/h1,6,8,13,17-19,22H,5,7,9-12H2,2-3H3;(H2,2,3,4)/p-1/t17-,18-,19+,20+,21+;/m1./s1. The number of methoxy groups -OCH3 is 1. The van der Waals surface area contributed by atoms with Gasteiger partial charge in [0.2, 0.25) is 6.16 Å². The number of rotatable bonds is 1. The molecular formula is C22H27O5-. The van der Waals surface area contributed by atoms with E-state index in [9.17, 15) is 5.11 Å². The lowest BCUT2D eigenvalue weighted by molar-refractivity contribution is -0.275. The number of ether oxygens (including phenoxy) is 1. The average Bonchev–Trinajstić information content (AvgIpc) is 2.92. The predicted molar refractivity (Wildman–Crippen MR) is 99.4 cm³/mol. The third kappa shape index (κ3) is 3.17. The fourth-order valence-electron chi connectivity index (χ4n) is 5.94. The molecule has 0 aliphatic heterocycles. The van der Waals surface area contributed by atoms with Gasteiger partial charge in [-0.15, -0.1) is 6.42 Å². The van der Waals surface area contributed by atoms with E-state index in [2.05, 4.69) is 31.0 Å². The van der Waals surface area contributed by atoms with E-state index in [1.54, 1.807) is 7.11 Å². The molecule has 3 aliphatic carbocycles. The van der Waals surface area contributed by atoms with E-state index in [1.165, 1.54) is 17.5 Å². The van der Waals surface area contributed by atoms with Crippen LogP contribution in [0.2, 0.25) is 0 Å². The molecule has 0 amide bonds. The lowest BCUT2D eigenvalue weighted by Gasteiger charge is -2.52. The lowest BCUT2D eigenvalue weighted by atomic mass is 9.53. The molecule has 2 N–H and O–H groups in total. The van der Waals surface area contributed by atoms with Crippen molar-refractivity contribution in [3.8, 4) is 18.1 Å². The van der Waals surface area contributed by atoms with Gasteiger partial charge in [-0.3, -0.25) is 0 Å². The molecule has 0 saturated heterocycles. The van der Waals surface area contributed by atoms with E-state index in [-0.39, 0.29) is 5.41 Å². The van der Waals surface area contributed by atoms with Gasteiger partial charge in [-0.05, 0) is 79.5 Å². The van der Waals surface area contributed by atoms with Crippen LogP contribution in [-0.4, -0.2) is 29.1 Å². The molecule has 4 rings (SSSR count). The van der Waals surface area contributed by atoms with Gasteiger partial charge in [-0.25, -0.2) is 0 Å². The molecule has 2 fully saturated rings. The summed E-state index contributed by atoms with van der Waals surface area (Å²) in [5, 5.41) is 26.3. The minimum atomic E-state index is -2.08. The molecule has 0 bridgehead atoms. The Morgan fingerprint density at radius 1 is 1.33 bits per heavy atom. The van der Waals surface area contributed by atoms with Crippen LogP contribution < -0.4 is 9.84 Å². The first-order valence-corrected chi connectivity index (χ1v) is 9.52. The second-order valence-corrected chi connectivity index (χ2v) is 8.25. The monoisotopic (exact) mass is 371 g/mol. The second kappa shape index (κ2) is 7.09. The smallest absolute Gasteiger partial charge is 0.249 e. The first kappa shape index (κ1) is 19.6. The molecule has 0 aromatic heterocycles. The zero-order chi connectivity index (χ0) is 19.8. The molecular weight excluding hydrogens is 344 g/mol. The number of hydrogen-bond acceptors (Lipinski definition) is 4. The summed E-state index contributed by atoms with van der Waals surface area (Å²) in [7, 11) is 1.73. The Labute approximate surface area is 160 Å². The first-order valence-electron chi connectivity index (χ1n) is 9.52. The van der Waals surface area contributed by atoms with E-state index in [0.29, 0.717) is 17.8 Å². The van der Waals surface area contributed by atoms with E-state index in [1.807, 2.05) is 0 Å². The van der Waals surface area contributed by atoms with E-state index in [4.69, 9.17) is 26.2 Å². The Hall–Kier alpha value is -2.19. The third-order valence-electron chi connectivity index (χ3n) is 7.32. The highest BCUT2D eigenvalue weighted by Crippen LogP contribution is 2.64. The van der Waals surface area contributed by atoms with E-state index in [0.717, 1.165) is 37.9 Å². The highest BCUT2D eigenvalue weighted by molar-refractivity contribution is 5.50. The van der Waals surface area contributed by atoms with Crippen molar-refractivity contribution in [1.29, 1.82) is 0 Å². The number of hydrogen-bond donors (Lipinski definition) is 2. The van der Waals surface area contributed by atoms with Gasteiger partial charge >= 0.3 is 0 Å². The van der Waals surface area contributed by atoms with Gasteiger partial charge in [-0.2, -0.15) is 0 Å². The summed E-state index contributed by atoms with van der Waals surface area (Å²) in [4.78, 5) is 8.44. The molecule has 1 aromatic rings. The number of terminal acetylenes is 1. The normalized spacial score (nSPS) is 36.1. The number of fused-ring (bicyclic) bond motifs is 5. The summed E-state index contributed by atoms with van der Waals surface area (Å²) in [6.07, 6.45) is 9.99. The Kier molecular flexibility index (Phi) is 5.14. The third-order valence-corrected chi connectivity index (χ3v) is 7.32. The molecule has 27 heavy (non-hydrogen) atoms. The van der Waals surface area contributed by atoms with Crippen LogP contribution in [0.15, 0.2) is 18.2 Å². The molecule has 5 nitrogen and oxygen atoms in total. The van der Waals surface area contributed by atoms with E-state index >= 15 is 0 Å². The van der Waals surface area contributed by atoms with Gasteiger partial charge in [0, 0.05) is 5.41 Å². The van der Waals surface area contributed by atoms with Crippen molar-refractivity contribution in [2.24, 2.45) is 17.3 Å². The van der Waals surface area contributed by atoms with E-state index < -0.39 is 11.8 Å². The van der Waals surface area contributed by atoms with Crippen LogP contribution in [0.4, 0.5) is 4.79 Å². The SMILES string of the molecule is C#C[C@]1(O)CC[C@H]2[C@@H]3CCc4cc(OC)ccc4[C@H]3CC[C@@]21C.O=C([O-])O. The summed E-state index contributed by atoms with van der Waals surface area (Å²) >= 11 is 0. The largest absolute Gasteiger partial charge is 0.565 e. The summed E-state index contributed by atoms with van der Waals surface area (Å²) in [5.41, 5.74) is 1.97. The van der Waals surface area contributed by atoms with Gasteiger partial charge in [0.1, 0.15) is 11.4 Å². The van der Waals surface area contributed by atoms with Crippen LogP contribution in [0, 0.1) is 29.6 Å². The number of aryl methyl sites for hydroxylation is 1. The Morgan fingerprint density at radius 2 is 2.04 bits per heavy atom. The Balaban J connectivity index is 0.000000481. The zero-order valence-electron chi connectivity index (χ0n) is 15.9. The van der Waals surface area contributed by atoms with Crippen molar-refractivity contribution in [2.75, 3.05) is 7.11 Å². The fourth-order valence-corrected chi connectivity index (χ4v) is 5.94. The van der Waals surface area contributed by atoms with Crippen LogP contribution in [0.5, 0.6) is 5.75 Å². The summed E-state index contributed by atoms with van der Waals surface area (Å²) in [6, 6.07) is 6.59. The van der Waals surface area contributed by atoms with Gasteiger partial charge in [0.25, 0.3) is 0 Å². The quantitative estimate of drug-likeness (QED) is 0.741. The molecule has 1 aromatic carbocycles. The molecule has 0 radical (unpaired) electrons. The zero-order valence-corrected chi connectivity index (χ0v) is 15.9. The van der Waals surface area contributed by atoms with Gasteiger partial charge in [-0.1, -0.05) is 18.9 Å². The van der Waals surface area contributed by atoms with Crippen molar-refractivity contribution in [3.05, 3.63) is 29.3 Å². The van der Waals surface area contributed by atoms with Crippen LogP contribution in [-0.2, 0) is 6.42 Å². The van der Waals surface area contributed by atoms with Crippen molar-refractivity contribution in [1.82, 2.24) is 0 Å². The fraction of sp³-hybridized carbons (Fsp3) is 0.591. The Morgan fingerprint density at radius 3 is 2.67 bits per heavy atom. The highest BCUT2D eigenvalue weighted by Gasteiger charge is 2.61. The lowest BCUT2D eigenvalue weighted by Crippen LogP contribution is -2.50. The molecule has 0 unspecified atom stereocenters. The van der Waals surface area contributed by atoms with Crippen molar-refractivity contribution in [2.45, 2.75) is 57.0 Å². The van der Waals surface area contributed by atoms with Gasteiger partial charge in [0.15, 0.2) is 0 Å².